The molecule has 1 atom stereocenters. The highest BCUT2D eigenvalue weighted by molar-refractivity contribution is 5.79. The average Bonchev–Trinajstić information content (AvgIpc) is 2.28. The summed E-state index contributed by atoms with van der Waals surface area (Å²) in [6.07, 6.45) is -0.558. The van der Waals surface area contributed by atoms with E-state index in [1.54, 1.807) is 26.1 Å². The van der Waals surface area contributed by atoms with E-state index in [1.807, 2.05) is 18.2 Å². The van der Waals surface area contributed by atoms with Crippen molar-refractivity contribution in [1.82, 2.24) is 5.06 Å². The van der Waals surface area contributed by atoms with E-state index in [1.165, 1.54) is 7.11 Å². The summed E-state index contributed by atoms with van der Waals surface area (Å²) in [5.74, 6) is 0.448. The van der Waals surface area contributed by atoms with Gasteiger partial charge < -0.3 is 4.74 Å². The van der Waals surface area contributed by atoms with Crippen LogP contribution >= 0.6 is 0 Å². The number of rotatable bonds is 4. The normalized spacial score (nSPS) is 11.9. The summed E-state index contributed by atoms with van der Waals surface area (Å²) in [7, 11) is 2.99. The van der Waals surface area contributed by atoms with Crippen LogP contribution in [0.25, 0.3) is 0 Å². The van der Waals surface area contributed by atoms with Crippen molar-refractivity contribution in [2.24, 2.45) is 0 Å². The van der Waals surface area contributed by atoms with Crippen LogP contribution in [0.2, 0.25) is 0 Å². The number of nitrogens with zero attached hydrogens (tertiary/aromatic N) is 1. The Bertz CT molecular complexity index is 313. The third kappa shape index (κ3) is 3.25. The van der Waals surface area contributed by atoms with Gasteiger partial charge in [0, 0.05) is 7.05 Å². The van der Waals surface area contributed by atoms with E-state index in [0.717, 1.165) is 5.06 Å². The minimum absolute atomic E-state index is 0.221. The van der Waals surface area contributed by atoms with Crippen LogP contribution in [0.3, 0.4) is 0 Å². The first-order valence-corrected chi connectivity index (χ1v) is 4.68. The molecule has 0 aliphatic carbocycles. The maximum Gasteiger partial charge on any atom is 0.286 e. The van der Waals surface area contributed by atoms with Crippen LogP contribution in [0.1, 0.15) is 6.92 Å². The molecule has 0 aliphatic rings. The third-order valence-corrected chi connectivity index (χ3v) is 1.99. The number of likely N-dealkylation sites (N-methyl/N-ethyl adjacent to an activating group) is 1. The molecule has 0 N–H and O–H groups in total. The molecule has 1 rings (SSSR count). The fourth-order valence-corrected chi connectivity index (χ4v) is 1.10. The second kappa shape index (κ2) is 5.36. The maximum atomic E-state index is 11.6. The highest BCUT2D eigenvalue weighted by Gasteiger charge is 2.18. The molecular weight excluding hydrogens is 194 g/mol. The summed E-state index contributed by atoms with van der Waals surface area (Å²) in [4.78, 5) is 16.3. The molecule has 0 bridgehead atoms. The van der Waals surface area contributed by atoms with E-state index >= 15 is 0 Å². The first-order chi connectivity index (χ1) is 7.15. The summed E-state index contributed by atoms with van der Waals surface area (Å²) >= 11 is 0. The number of ether oxygens (including phenoxy) is 1. The second-order valence-electron chi connectivity index (χ2n) is 3.09. The van der Waals surface area contributed by atoms with Gasteiger partial charge in [-0.05, 0) is 19.1 Å². The van der Waals surface area contributed by atoms with Crippen LogP contribution < -0.4 is 4.74 Å². The van der Waals surface area contributed by atoms with Gasteiger partial charge in [-0.1, -0.05) is 18.2 Å². The minimum atomic E-state index is -0.558. The molecule has 0 saturated heterocycles. The number of benzene rings is 1. The zero-order valence-electron chi connectivity index (χ0n) is 9.14. The molecule has 1 aromatic rings. The largest absolute Gasteiger partial charge is 0.481 e. The predicted molar refractivity (Wildman–Crippen MR) is 56.3 cm³/mol. The average molecular weight is 209 g/mol. The van der Waals surface area contributed by atoms with Gasteiger partial charge in [-0.2, -0.15) is 0 Å². The van der Waals surface area contributed by atoms with Crippen molar-refractivity contribution in [2.45, 2.75) is 13.0 Å². The van der Waals surface area contributed by atoms with Gasteiger partial charge in [-0.15, -0.1) is 0 Å². The lowest BCUT2D eigenvalue weighted by Crippen LogP contribution is -2.37. The standard InChI is InChI=1S/C11H15NO3/c1-9(11(13)12(2)14-3)15-10-7-5-4-6-8-10/h4-9H,1-3H3/t9-/m0/s1. The van der Waals surface area contributed by atoms with Crippen LogP contribution in [-0.4, -0.2) is 31.2 Å². The molecule has 0 aliphatic heterocycles. The SMILES string of the molecule is CON(C)C(=O)[C@H](C)Oc1ccccc1. The molecular formula is C11H15NO3. The fourth-order valence-electron chi connectivity index (χ4n) is 1.10. The van der Waals surface area contributed by atoms with Gasteiger partial charge >= 0.3 is 0 Å². The molecule has 0 saturated carbocycles. The van der Waals surface area contributed by atoms with Gasteiger partial charge in [-0.3, -0.25) is 9.63 Å². The van der Waals surface area contributed by atoms with Crippen molar-refractivity contribution in [3.63, 3.8) is 0 Å². The molecule has 4 nitrogen and oxygen atoms in total. The Morgan fingerprint density at radius 2 is 1.93 bits per heavy atom. The first-order valence-electron chi connectivity index (χ1n) is 4.68. The Balaban J connectivity index is 2.56. The van der Waals surface area contributed by atoms with E-state index in [-0.39, 0.29) is 5.91 Å². The molecule has 0 spiro atoms. The Morgan fingerprint density at radius 1 is 1.33 bits per heavy atom. The molecule has 4 heteroatoms. The molecule has 0 heterocycles. The Kier molecular flexibility index (Phi) is 4.12. The monoisotopic (exact) mass is 209 g/mol. The molecule has 82 valence electrons. The van der Waals surface area contributed by atoms with Crippen molar-refractivity contribution in [2.75, 3.05) is 14.2 Å². The lowest BCUT2D eigenvalue weighted by atomic mass is 10.3. The highest BCUT2D eigenvalue weighted by Crippen LogP contribution is 2.11. The first kappa shape index (κ1) is 11.5. The highest BCUT2D eigenvalue weighted by atomic mass is 16.7. The van der Waals surface area contributed by atoms with E-state index in [2.05, 4.69) is 0 Å². The number of hydrogen-bond acceptors (Lipinski definition) is 3. The number of amides is 1. The van der Waals surface area contributed by atoms with Gasteiger partial charge in [0.1, 0.15) is 5.75 Å². The summed E-state index contributed by atoms with van der Waals surface area (Å²) in [5.41, 5.74) is 0. The molecule has 0 fully saturated rings. The number of para-hydroxylation sites is 1. The number of carbonyl (C=O) groups excluding carboxylic acids is 1. The molecule has 0 radical (unpaired) electrons. The lowest BCUT2D eigenvalue weighted by Gasteiger charge is -2.19. The third-order valence-electron chi connectivity index (χ3n) is 1.99. The van der Waals surface area contributed by atoms with Crippen molar-refractivity contribution < 1.29 is 14.4 Å². The van der Waals surface area contributed by atoms with Crippen LogP contribution in [0.15, 0.2) is 30.3 Å². The molecule has 1 aromatic carbocycles. The van der Waals surface area contributed by atoms with Crippen LogP contribution in [0, 0.1) is 0 Å². The fraction of sp³-hybridized carbons (Fsp3) is 0.364. The maximum absolute atomic E-state index is 11.6. The van der Waals surface area contributed by atoms with Crippen molar-refractivity contribution >= 4 is 5.91 Å². The van der Waals surface area contributed by atoms with Gasteiger partial charge in [0.15, 0.2) is 6.10 Å². The van der Waals surface area contributed by atoms with Crippen molar-refractivity contribution in [3.05, 3.63) is 30.3 Å². The van der Waals surface area contributed by atoms with Crippen molar-refractivity contribution in [1.29, 1.82) is 0 Å². The zero-order chi connectivity index (χ0) is 11.3. The van der Waals surface area contributed by atoms with Crippen LogP contribution in [0.4, 0.5) is 0 Å². The Labute approximate surface area is 89.4 Å². The van der Waals surface area contributed by atoms with E-state index in [0.29, 0.717) is 5.75 Å². The summed E-state index contributed by atoms with van der Waals surface area (Å²) in [6, 6.07) is 9.20. The topological polar surface area (TPSA) is 38.8 Å². The van der Waals surface area contributed by atoms with E-state index < -0.39 is 6.10 Å². The molecule has 0 unspecified atom stereocenters. The molecule has 0 aromatic heterocycles. The number of hydrogen-bond donors (Lipinski definition) is 0. The lowest BCUT2D eigenvalue weighted by molar-refractivity contribution is -0.175. The van der Waals surface area contributed by atoms with Crippen molar-refractivity contribution in [3.8, 4) is 5.75 Å². The Hall–Kier alpha value is -1.55. The summed E-state index contributed by atoms with van der Waals surface area (Å²) < 4.78 is 5.43. The predicted octanol–water partition coefficient (Wildman–Crippen LogP) is 1.47. The smallest absolute Gasteiger partial charge is 0.286 e. The number of hydroxylamine groups is 2. The summed E-state index contributed by atoms with van der Waals surface area (Å²) in [6.45, 7) is 1.69. The van der Waals surface area contributed by atoms with E-state index in [9.17, 15) is 4.79 Å². The molecule has 15 heavy (non-hydrogen) atoms. The van der Waals surface area contributed by atoms with Gasteiger partial charge in [0.2, 0.25) is 0 Å². The Morgan fingerprint density at radius 3 is 2.47 bits per heavy atom. The van der Waals surface area contributed by atoms with E-state index in [4.69, 9.17) is 9.57 Å². The minimum Gasteiger partial charge on any atom is -0.481 e. The van der Waals surface area contributed by atoms with Gasteiger partial charge in [0.25, 0.3) is 5.91 Å². The van der Waals surface area contributed by atoms with Crippen LogP contribution in [-0.2, 0) is 9.63 Å². The molecule has 1 amide bonds. The quantitative estimate of drug-likeness (QED) is 0.705. The van der Waals surface area contributed by atoms with Crippen LogP contribution in [0.5, 0.6) is 5.75 Å². The second-order valence-corrected chi connectivity index (χ2v) is 3.09. The van der Waals surface area contributed by atoms with Gasteiger partial charge in [0.05, 0.1) is 7.11 Å². The zero-order valence-corrected chi connectivity index (χ0v) is 9.14. The summed E-state index contributed by atoms with van der Waals surface area (Å²) in [5, 5.41) is 1.15. The van der Waals surface area contributed by atoms with Gasteiger partial charge in [-0.25, -0.2) is 5.06 Å². The number of carbonyl (C=O) groups is 1.